The first-order chi connectivity index (χ1) is 5.77. The van der Waals surface area contributed by atoms with Crippen molar-refractivity contribution in [2.24, 2.45) is 0 Å². The first-order valence-electron chi connectivity index (χ1n) is 3.73. The molecule has 2 saturated heterocycles. The van der Waals surface area contributed by atoms with E-state index in [1.807, 2.05) is 0 Å². The molecule has 2 fully saturated rings. The van der Waals surface area contributed by atoms with Crippen molar-refractivity contribution < 1.29 is 9.59 Å². The lowest BCUT2D eigenvalue weighted by molar-refractivity contribution is -0.133. The molecule has 66 valence electrons. The number of carbonyl (C=O) groups excluding carboxylic acids is 2. The summed E-state index contributed by atoms with van der Waals surface area (Å²) in [5, 5.41) is 0. The quantitative estimate of drug-likeness (QED) is 0.385. The van der Waals surface area contributed by atoms with E-state index in [-0.39, 0.29) is 11.8 Å². The van der Waals surface area contributed by atoms with Crippen molar-refractivity contribution in [2.45, 2.75) is 12.8 Å². The summed E-state index contributed by atoms with van der Waals surface area (Å²) in [4.78, 5) is 21.6. The molecule has 2 heterocycles. The van der Waals surface area contributed by atoms with Gasteiger partial charge in [-0.25, -0.2) is 0 Å². The molecule has 2 aliphatic rings. The lowest BCUT2D eigenvalue weighted by Gasteiger charge is -2.33. The van der Waals surface area contributed by atoms with Gasteiger partial charge in [-0.2, -0.15) is 0 Å². The van der Waals surface area contributed by atoms with Crippen LogP contribution in [-0.2, 0) is 9.59 Å². The van der Waals surface area contributed by atoms with Crippen molar-refractivity contribution in [2.75, 3.05) is 13.1 Å². The van der Waals surface area contributed by atoms with Gasteiger partial charge in [0.2, 0.25) is 11.8 Å². The minimum absolute atomic E-state index is 0.167. The van der Waals surface area contributed by atoms with E-state index >= 15 is 0 Å². The summed E-state index contributed by atoms with van der Waals surface area (Å²) >= 11 is 0. The van der Waals surface area contributed by atoms with Crippen molar-refractivity contribution >= 4 is 33.8 Å². The van der Waals surface area contributed by atoms with E-state index in [0.29, 0.717) is 12.8 Å². The third-order valence-corrected chi connectivity index (χ3v) is 4.31. The van der Waals surface area contributed by atoms with Crippen LogP contribution in [0.15, 0.2) is 0 Å². The molecule has 2 aliphatic heterocycles. The summed E-state index contributed by atoms with van der Waals surface area (Å²) in [6.45, 7) is 1.64. The number of hydrogen-bond donors (Lipinski definition) is 0. The van der Waals surface area contributed by atoms with Crippen molar-refractivity contribution in [1.29, 1.82) is 0 Å². The van der Waals surface area contributed by atoms with E-state index < -0.39 is 0 Å². The molecule has 2 amide bonds. The summed E-state index contributed by atoms with van der Waals surface area (Å²) in [5.74, 6) is 0.334. The fourth-order valence-electron chi connectivity index (χ4n) is 0.827. The third kappa shape index (κ3) is 1.40. The number of β-lactam (4-membered cyclic amide) rings is 2. The second-order valence-corrected chi connectivity index (χ2v) is 4.71. The SMILES string of the molecule is O=C1CCN1SSN1CCC1=O. The zero-order valence-corrected chi connectivity index (χ0v) is 7.99. The highest BCUT2D eigenvalue weighted by molar-refractivity contribution is 8.75. The minimum Gasteiger partial charge on any atom is -0.275 e. The van der Waals surface area contributed by atoms with Gasteiger partial charge in [-0.3, -0.25) is 18.2 Å². The largest absolute Gasteiger partial charge is 0.275 e. The van der Waals surface area contributed by atoms with Crippen LogP contribution in [0.2, 0.25) is 0 Å². The molecule has 0 aromatic heterocycles. The smallest absolute Gasteiger partial charge is 0.234 e. The Balaban J connectivity index is 1.68. The van der Waals surface area contributed by atoms with Gasteiger partial charge < -0.3 is 0 Å². The highest BCUT2D eigenvalue weighted by atomic mass is 33.1. The Morgan fingerprint density at radius 3 is 1.50 bits per heavy atom. The van der Waals surface area contributed by atoms with Crippen LogP contribution >= 0.6 is 22.0 Å². The summed E-state index contributed by atoms with van der Waals surface area (Å²) < 4.78 is 3.35. The average Bonchev–Trinajstić information content (AvgIpc) is 2.06. The molecule has 0 spiro atoms. The van der Waals surface area contributed by atoms with Crippen molar-refractivity contribution in [3.05, 3.63) is 0 Å². The number of hydrogen-bond acceptors (Lipinski definition) is 4. The van der Waals surface area contributed by atoms with E-state index in [4.69, 9.17) is 0 Å². The Bertz CT molecular complexity index is 210. The molecule has 6 heteroatoms. The van der Waals surface area contributed by atoms with Gasteiger partial charge in [0.1, 0.15) is 0 Å². The number of amides is 2. The Morgan fingerprint density at radius 2 is 1.33 bits per heavy atom. The molecule has 0 unspecified atom stereocenters. The van der Waals surface area contributed by atoms with Gasteiger partial charge in [0, 0.05) is 47.9 Å². The second-order valence-electron chi connectivity index (χ2n) is 2.64. The fourth-order valence-corrected chi connectivity index (χ4v) is 3.10. The van der Waals surface area contributed by atoms with E-state index in [1.54, 1.807) is 8.61 Å². The first kappa shape index (κ1) is 8.25. The zero-order chi connectivity index (χ0) is 8.55. The number of carbonyl (C=O) groups is 2. The fraction of sp³-hybridized carbons (Fsp3) is 0.667. The molecular weight excluding hydrogens is 196 g/mol. The van der Waals surface area contributed by atoms with Crippen LogP contribution < -0.4 is 0 Å². The van der Waals surface area contributed by atoms with Crippen LogP contribution in [0.25, 0.3) is 0 Å². The monoisotopic (exact) mass is 204 g/mol. The van der Waals surface area contributed by atoms with Gasteiger partial charge in [-0.05, 0) is 0 Å². The van der Waals surface area contributed by atoms with Gasteiger partial charge in [0.05, 0.1) is 0 Å². The molecule has 2 rings (SSSR count). The van der Waals surface area contributed by atoms with Gasteiger partial charge in [-0.15, -0.1) is 0 Å². The Kier molecular flexibility index (Phi) is 2.18. The molecular formula is C6H8N2O2S2. The topological polar surface area (TPSA) is 40.6 Å². The Morgan fingerprint density at radius 1 is 0.917 bits per heavy atom. The molecule has 12 heavy (non-hydrogen) atoms. The van der Waals surface area contributed by atoms with E-state index in [0.717, 1.165) is 13.1 Å². The molecule has 0 saturated carbocycles. The number of nitrogens with zero attached hydrogens (tertiary/aromatic N) is 2. The van der Waals surface area contributed by atoms with Gasteiger partial charge in [0.15, 0.2) is 0 Å². The molecule has 0 aliphatic carbocycles. The van der Waals surface area contributed by atoms with E-state index in [1.165, 1.54) is 22.0 Å². The summed E-state index contributed by atoms with van der Waals surface area (Å²) in [5.41, 5.74) is 0. The summed E-state index contributed by atoms with van der Waals surface area (Å²) in [7, 11) is 2.73. The predicted molar refractivity (Wildman–Crippen MR) is 47.8 cm³/mol. The molecule has 0 radical (unpaired) electrons. The van der Waals surface area contributed by atoms with Crippen LogP contribution in [0, 0.1) is 0 Å². The van der Waals surface area contributed by atoms with E-state index in [2.05, 4.69) is 0 Å². The maximum atomic E-state index is 10.8. The normalized spacial score (nSPS) is 22.3. The predicted octanol–water partition coefficient (Wildman–Crippen LogP) is 0.662. The summed E-state index contributed by atoms with van der Waals surface area (Å²) in [6, 6.07) is 0. The highest BCUT2D eigenvalue weighted by Gasteiger charge is 2.29. The van der Waals surface area contributed by atoms with Crippen LogP contribution in [0.4, 0.5) is 0 Å². The Labute approximate surface area is 78.3 Å². The van der Waals surface area contributed by atoms with Crippen LogP contribution in [0.3, 0.4) is 0 Å². The maximum absolute atomic E-state index is 10.8. The minimum atomic E-state index is 0.167. The maximum Gasteiger partial charge on any atom is 0.234 e. The average molecular weight is 204 g/mol. The second kappa shape index (κ2) is 3.18. The summed E-state index contributed by atoms with van der Waals surface area (Å²) in [6.07, 6.45) is 1.31. The zero-order valence-electron chi connectivity index (χ0n) is 6.36. The van der Waals surface area contributed by atoms with Crippen LogP contribution in [0.5, 0.6) is 0 Å². The molecule has 0 N–H and O–H groups in total. The standard InChI is InChI=1S/C6H8N2O2S2/c9-5-1-3-7(5)11-12-8-4-2-6(8)10/h1-4H2. The highest BCUT2D eigenvalue weighted by Crippen LogP contribution is 2.36. The third-order valence-electron chi connectivity index (χ3n) is 1.83. The molecule has 0 atom stereocenters. The Hall–Kier alpha value is -0.360. The van der Waals surface area contributed by atoms with Crippen LogP contribution in [-0.4, -0.2) is 33.5 Å². The lowest BCUT2D eigenvalue weighted by atomic mass is 10.3. The van der Waals surface area contributed by atoms with Gasteiger partial charge in [-0.1, -0.05) is 0 Å². The molecule has 4 nitrogen and oxygen atoms in total. The number of rotatable bonds is 3. The molecule has 0 aromatic rings. The molecule has 0 aromatic carbocycles. The van der Waals surface area contributed by atoms with E-state index in [9.17, 15) is 9.59 Å². The molecule has 0 bridgehead atoms. The van der Waals surface area contributed by atoms with Gasteiger partial charge in [0.25, 0.3) is 0 Å². The van der Waals surface area contributed by atoms with Crippen molar-refractivity contribution in [1.82, 2.24) is 8.61 Å². The lowest BCUT2D eigenvalue weighted by Crippen LogP contribution is -2.40. The van der Waals surface area contributed by atoms with Crippen LogP contribution in [0.1, 0.15) is 12.8 Å². The first-order valence-corrected chi connectivity index (χ1v) is 5.79. The van der Waals surface area contributed by atoms with Crippen molar-refractivity contribution in [3.8, 4) is 0 Å². The van der Waals surface area contributed by atoms with Gasteiger partial charge >= 0.3 is 0 Å². The van der Waals surface area contributed by atoms with Crippen molar-refractivity contribution in [3.63, 3.8) is 0 Å².